The van der Waals surface area contributed by atoms with E-state index in [1.807, 2.05) is 47.1 Å². The summed E-state index contributed by atoms with van der Waals surface area (Å²) in [6.45, 7) is 0.686. The Balaban J connectivity index is 1.85. The van der Waals surface area contributed by atoms with Crippen LogP contribution in [-0.4, -0.2) is 22.1 Å². The van der Waals surface area contributed by atoms with Crippen molar-refractivity contribution < 1.29 is 4.74 Å². The van der Waals surface area contributed by atoms with Gasteiger partial charge in [-0.25, -0.2) is 4.68 Å². The van der Waals surface area contributed by atoms with Gasteiger partial charge in [0.05, 0.1) is 19.2 Å². The van der Waals surface area contributed by atoms with Crippen LogP contribution in [0.3, 0.4) is 0 Å². The predicted molar refractivity (Wildman–Crippen MR) is 87.1 cm³/mol. The zero-order valence-corrected chi connectivity index (χ0v) is 12.2. The zero-order chi connectivity index (χ0) is 14.9. The first kappa shape index (κ1) is 12.8. The summed E-state index contributed by atoms with van der Waals surface area (Å²) in [5.74, 6) is 0.891. The van der Waals surface area contributed by atoms with Gasteiger partial charge in [0.2, 0.25) is 0 Å². The third-order valence-electron chi connectivity index (χ3n) is 3.93. The van der Waals surface area contributed by atoms with Crippen LogP contribution in [0, 0.1) is 0 Å². The predicted octanol–water partition coefficient (Wildman–Crippen LogP) is 3.64. The second kappa shape index (κ2) is 5.15. The Hall–Kier alpha value is -2.88. The lowest BCUT2D eigenvalue weighted by Crippen LogP contribution is -2.02. The minimum atomic E-state index is 0.686. The van der Waals surface area contributed by atoms with Gasteiger partial charge in [-0.3, -0.25) is 0 Å². The quantitative estimate of drug-likeness (QED) is 0.578. The second-order valence-electron chi connectivity index (χ2n) is 5.21. The molecule has 0 saturated carbocycles. The summed E-state index contributed by atoms with van der Waals surface area (Å²) >= 11 is 0. The van der Waals surface area contributed by atoms with Gasteiger partial charge in [0.25, 0.3) is 0 Å². The summed E-state index contributed by atoms with van der Waals surface area (Å²) < 4.78 is 7.39. The molecule has 0 spiro atoms. The van der Waals surface area contributed by atoms with E-state index in [1.54, 1.807) is 7.11 Å². The van der Waals surface area contributed by atoms with Crippen LogP contribution in [-0.2, 0) is 6.54 Å². The van der Waals surface area contributed by atoms with Gasteiger partial charge >= 0.3 is 0 Å². The molecule has 0 N–H and O–H groups in total. The average Bonchev–Trinajstić information content (AvgIpc) is 2.98. The van der Waals surface area contributed by atoms with Gasteiger partial charge in [0.15, 0.2) is 0 Å². The molecule has 0 aliphatic carbocycles. The lowest BCUT2D eigenvalue weighted by molar-refractivity contribution is 0.419. The van der Waals surface area contributed by atoms with Crippen LogP contribution < -0.4 is 4.74 Å². The van der Waals surface area contributed by atoms with Crippen molar-refractivity contribution in [3.05, 3.63) is 66.2 Å². The molecule has 22 heavy (non-hydrogen) atoms. The van der Waals surface area contributed by atoms with Crippen molar-refractivity contribution in [1.29, 1.82) is 0 Å². The molecule has 0 fully saturated rings. The highest BCUT2D eigenvalue weighted by Gasteiger charge is 2.09. The molecule has 0 saturated heterocycles. The van der Waals surface area contributed by atoms with E-state index in [0.29, 0.717) is 6.54 Å². The Kier molecular flexibility index (Phi) is 3.00. The van der Waals surface area contributed by atoms with E-state index >= 15 is 0 Å². The number of methoxy groups -OCH3 is 1. The van der Waals surface area contributed by atoms with E-state index < -0.39 is 0 Å². The van der Waals surface area contributed by atoms with E-state index in [9.17, 15) is 0 Å². The van der Waals surface area contributed by atoms with Gasteiger partial charge in [0, 0.05) is 5.39 Å². The number of hydrogen-bond donors (Lipinski definition) is 0. The summed E-state index contributed by atoms with van der Waals surface area (Å²) in [5.41, 5.74) is 3.16. The van der Waals surface area contributed by atoms with Crippen LogP contribution in [0.4, 0.5) is 0 Å². The lowest BCUT2D eigenvalue weighted by atomic mass is 10.0. The van der Waals surface area contributed by atoms with Crippen LogP contribution in [0.1, 0.15) is 5.56 Å². The third-order valence-corrected chi connectivity index (χ3v) is 3.93. The van der Waals surface area contributed by atoms with Gasteiger partial charge in [-0.2, -0.15) is 0 Å². The molecule has 3 aromatic carbocycles. The molecular weight excluding hydrogens is 274 g/mol. The Morgan fingerprint density at radius 2 is 1.68 bits per heavy atom. The Morgan fingerprint density at radius 1 is 0.909 bits per heavy atom. The van der Waals surface area contributed by atoms with Crippen molar-refractivity contribution >= 4 is 21.8 Å². The van der Waals surface area contributed by atoms with E-state index in [2.05, 4.69) is 28.5 Å². The standard InChI is InChI=1S/C18H15N3O/c1-22-18-11-10-13(14-6-2-3-7-15(14)18)12-21-17-9-5-4-8-16(17)19-20-21/h2-11H,12H2,1H3. The first-order valence-corrected chi connectivity index (χ1v) is 7.19. The van der Waals surface area contributed by atoms with Gasteiger partial charge in [-0.1, -0.05) is 47.7 Å². The van der Waals surface area contributed by atoms with Crippen molar-refractivity contribution in [3.63, 3.8) is 0 Å². The summed E-state index contributed by atoms with van der Waals surface area (Å²) in [4.78, 5) is 0. The van der Waals surface area contributed by atoms with Crippen molar-refractivity contribution in [2.75, 3.05) is 7.11 Å². The maximum Gasteiger partial charge on any atom is 0.126 e. The molecule has 4 rings (SSSR count). The summed E-state index contributed by atoms with van der Waals surface area (Å²) in [6, 6.07) is 20.4. The molecule has 0 unspecified atom stereocenters. The highest BCUT2D eigenvalue weighted by molar-refractivity contribution is 5.91. The lowest BCUT2D eigenvalue weighted by Gasteiger charge is -2.10. The molecule has 4 nitrogen and oxygen atoms in total. The average molecular weight is 289 g/mol. The fourth-order valence-electron chi connectivity index (χ4n) is 2.85. The first-order chi connectivity index (χ1) is 10.9. The van der Waals surface area contributed by atoms with Crippen LogP contribution in [0.15, 0.2) is 60.7 Å². The summed E-state index contributed by atoms with van der Waals surface area (Å²) in [5, 5.41) is 10.8. The minimum Gasteiger partial charge on any atom is -0.496 e. The largest absolute Gasteiger partial charge is 0.496 e. The number of rotatable bonds is 3. The second-order valence-corrected chi connectivity index (χ2v) is 5.21. The number of ether oxygens (including phenoxy) is 1. The number of nitrogens with zero attached hydrogens (tertiary/aromatic N) is 3. The topological polar surface area (TPSA) is 39.9 Å². The molecule has 4 heteroatoms. The molecule has 108 valence electrons. The minimum absolute atomic E-state index is 0.686. The maximum absolute atomic E-state index is 5.45. The van der Waals surface area contributed by atoms with E-state index in [0.717, 1.165) is 22.2 Å². The van der Waals surface area contributed by atoms with Crippen LogP contribution in [0.25, 0.3) is 21.8 Å². The zero-order valence-electron chi connectivity index (χ0n) is 12.2. The fourth-order valence-corrected chi connectivity index (χ4v) is 2.85. The highest BCUT2D eigenvalue weighted by Crippen LogP contribution is 2.29. The first-order valence-electron chi connectivity index (χ1n) is 7.19. The molecule has 0 atom stereocenters. The smallest absolute Gasteiger partial charge is 0.126 e. The van der Waals surface area contributed by atoms with E-state index in [-0.39, 0.29) is 0 Å². The molecule has 0 aliphatic heterocycles. The monoisotopic (exact) mass is 289 g/mol. The Labute approximate surface area is 127 Å². The van der Waals surface area contributed by atoms with Crippen molar-refractivity contribution in [3.8, 4) is 5.75 Å². The van der Waals surface area contributed by atoms with Crippen LogP contribution >= 0.6 is 0 Å². The molecule has 0 amide bonds. The highest BCUT2D eigenvalue weighted by atomic mass is 16.5. The van der Waals surface area contributed by atoms with E-state index in [1.165, 1.54) is 10.9 Å². The summed E-state index contributed by atoms with van der Waals surface area (Å²) in [6.07, 6.45) is 0. The molecule has 0 radical (unpaired) electrons. The third kappa shape index (κ3) is 2.00. The van der Waals surface area contributed by atoms with Crippen molar-refractivity contribution in [2.24, 2.45) is 0 Å². The molecule has 0 bridgehead atoms. The number of benzene rings is 3. The molecule has 0 aliphatic rings. The normalized spacial score (nSPS) is 11.1. The number of aromatic nitrogens is 3. The number of hydrogen-bond acceptors (Lipinski definition) is 3. The van der Waals surface area contributed by atoms with Crippen LogP contribution in [0.2, 0.25) is 0 Å². The number of para-hydroxylation sites is 1. The van der Waals surface area contributed by atoms with Gasteiger partial charge in [-0.05, 0) is 29.1 Å². The fraction of sp³-hybridized carbons (Fsp3) is 0.111. The van der Waals surface area contributed by atoms with Gasteiger partial charge in [-0.15, -0.1) is 5.10 Å². The Morgan fingerprint density at radius 3 is 2.55 bits per heavy atom. The molecule has 1 aromatic heterocycles. The van der Waals surface area contributed by atoms with Crippen molar-refractivity contribution in [2.45, 2.75) is 6.54 Å². The van der Waals surface area contributed by atoms with Crippen LogP contribution in [0.5, 0.6) is 5.75 Å². The Bertz CT molecular complexity index is 959. The van der Waals surface area contributed by atoms with Gasteiger partial charge < -0.3 is 4.74 Å². The summed E-state index contributed by atoms with van der Waals surface area (Å²) in [7, 11) is 1.70. The maximum atomic E-state index is 5.45. The molecular formula is C18H15N3O. The van der Waals surface area contributed by atoms with Crippen molar-refractivity contribution in [1.82, 2.24) is 15.0 Å². The van der Waals surface area contributed by atoms with E-state index in [4.69, 9.17) is 4.74 Å². The molecule has 1 heterocycles. The molecule has 4 aromatic rings. The SMILES string of the molecule is COc1ccc(Cn2nnc3ccccc32)c2ccccc12. The van der Waals surface area contributed by atoms with Gasteiger partial charge in [0.1, 0.15) is 11.3 Å². The number of fused-ring (bicyclic) bond motifs is 2.